The molecule has 0 radical (unpaired) electrons. The zero-order chi connectivity index (χ0) is 14.7. The second kappa shape index (κ2) is 6.80. The lowest BCUT2D eigenvalue weighted by molar-refractivity contribution is 0.209. The molecule has 0 spiro atoms. The maximum absolute atomic E-state index is 3.53. The molecule has 2 aliphatic rings. The van der Waals surface area contributed by atoms with E-state index in [0.717, 1.165) is 19.0 Å². The van der Waals surface area contributed by atoms with Gasteiger partial charge in [-0.25, -0.2) is 0 Å². The van der Waals surface area contributed by atoms with Crippen LogP contribution in [0.5, 0.6) is 0 Å². The lowest BCUT2D eigenvalue weighted by Gasteiger charge is -2.29. The number of likely N-dealkylation sites (N-methyl/N-ethyl adjacent to an activating group) is 1. The third-order valence-corrected chi connectivity index (χ3v) is 5.04. The van der Waals surface area contributed by atoms with Gasteiger partial charge in [-0.3, -0.25) is 4.90 Å². The Balaban J connectivity index is 1.61. The standard InChI is InChI=1S/C18H29N3/c1-3-21(14-16-5-4-9-19-12-16)13-15-6-7-18-17(11-15)8-10-20(18)2/h6-7,11,16,19H,3-5,8-10,12-14H2,1-2H3. The van der Waals surface area contributed by atoms with E-state index >= 15 is 0 Å². The molecule has 3 rings (SSSR count). The second-order valence-electron chi connectivity index (χ2n) is 6.67. The summed E-state index contributed by atoms with van der Waals surface area (Å²) in [4.78, 5) is 4.97. The number of fused-ring (bicyclic) bond motifs is 1. The summed E-state index contributed by atoms with van der Waals surface area (Å²) < 4.78 is 0. The largest absolute Gasteiger partial charge is 0.374 e. The summed E-state index contributed by atoms with van der Waals surface area (Å²) in [5.74, 6) is 0.833. The molecule has 0 saturated carbocycles. The molecule has 21 heavy (non-hydrogen) atoms. The van der Waals surface area contributed by atoms with Crippen LogP contribution >= 0.6 is 0 Å². The molecular formula is C18H29N3. The SMILES string of the molecule is CCN(Cc1ccc2c(c1)CCN2C)CC1CCCNC1. The van der Waals surface area contributed by atoms with Gasteiger partial charge in [-0.1, -0.05) is 19.1 Å². The first-order valence-corrected chi connectivity index (χ1v) is 8.52. The highest BCUT2D eigenvalue weighted by molar-refractivity contribution is 5.58. The average molecular weight is 287 g/mol. The molecule has 0 aliphatic carbocycles. The zero-order valence-electron chi connectivity index (χ0n) is 13.6. The van der Waals surface area contributed by atoms with Gasteiger partial charge in [0.2, 0.25) is 0 Å². The highest BCUT2D eigenvalue weighted by Gasteiger charge is 2.18. The monoisotopic (exact) mass is 287 g/mol. The van der Waals surface area contributed by atoms with E-state index in [0.29, 0.717) is 0 Å². The maximum Gasteiger partial charge on any atom is 0.0397 e. The number of rotatable bonds is 5. The molecule has 1 aromatic carbocycles. The third-order valence-electron chi connectivity index (χ3n) is 5.04. The lowest BCUT2D eigenvalue weighted by Crippen LogP contribution is -2.38. The van der Waals surface area contributed by atoms with Crippen molar-refractivity contribution >= 4 is 5.69 Å². The van der Waals surface area contributed by atoms with Gasteiger partial charge < -0.3 is 10.2 Å². The van der Waals surface area contributed by atoms with Crippen molar-refractivity contribution in [1.82, 2.24) is 10.2 Å². The van der Waals surface area contributed by atoms with Gasteiger partial charge in [0.15, 0.2) is 0 Å². The first-order valence-electron chi connectivity index (χ1n) is 8.52. The maximum atomic E-state index is 3.53. The van der Waals surface area contributed by atoms with E-state index in [1.165, 1.54) is 62.3 Å². The zero-order valence-corrected chi connectivity index (χ0v) is 13.6. The van der Waals surface area contributed by atoms with Crippen LogP contribution in [0.15, 0.2) is 18.2 Å². The fourth-order valence-electron chi connectivity index (χ4n) is 3.73. The predicted octanol–water partition coefficient (Wildman–Crippen LogP) is 2.50. The third kappa shape index (κ3) is 3.58. The molecule has 0 amide bonds. The molecular weight excluding hydrogens is 258 g/mol. The molecule has 3 nitrogen and oxygen atoms in total. The van der Waals surface area contributed by atoms with Crippen molar-refractivity contribution in [3.8, 4) is 0 Å². The van der Waals surface area contributed by atoms with Crippen LogP contribution in [0.25, 0.3) is 0 Å². The molecule has 1 atom stereocenters. The Hall–Kier alpha value is -1.06. The van der Waals surface area contributed by atoms with Gasteiger partial charge in [0.05, 0.1) is 0 Å². The summed E-state index contributed by atoms with van der Waals surface area (Å²) in [6, 6.07) is 7.07. The Morgan fingerprint density at radius 3 is 3.05 bits per heavy atom. The minimum absolute atomic E-state index is 0.833. The summed E-state index contributed by atoms with van der Waals surface area (Å²) in [5, 5.41) is 3.53. The molecule has 2 heterocycles. The van der Waals surface area contributed by atoms with Crippen molar-refractivity contribution in [3.63, 3.8) is 0 Å². The van der Waals surface area contributed by atoms with E-state index in [2.05, 4.69) is 47.3 Å². The van der Waals surface area contributed by atoms with Crippen LogP contribution in [0.4, 0.5) is 5.69 Å². The van der Waals surface area contributed by atoms with Gasteiger partial charge in [0.1, 0.15) is 0 Å². The Morgan fingerprint density at radius 1 is 1.38 bits per heavy atom. The van der Waals surface area contributed by atoms with Crippen LogP contribution in [-0.4, -0.2) is 44.7 Å². The van der Waals surface area contributed by atoms with Gasteiger partial charge >= 0.3 is 0 Å². The van der Waals surface area contributed by atoms with Crippen molar-refractivity contribution in [2.45, 2.75) is 32.7 Å². The van der Waals surface area contributed by atoms with Crippen molar-refractivity contribution < 1.29 is 0 Å². The molecule has 3 heteroatoms. The normalized spacial score (nSPS) is 21.9. The van der Waals surface area contributed by atoms with Crippen LogP contribution in [0, 0.1) is 5.92 Å². The Morgan fingerprint density at radius 2 is 2.29 bits per heavy atom. The molecule has 1 fully saturated rings. The smallest absolute Gasteiger partial charge is 0.0397 e. The van der Waals surface area contributed by atoms with Crippen molar-refractivity contribution in [2.24, 2.45) is 5.92 Å². The molecule has 116 valence electrons. The molecule has 1 N–H and O–H groups in total. The first kappa shape index (κ1) is 14.9. The summed E-state index contributed by atoms with van der Waals surface area (Å²) in [6.07, 6.45) is 3.93. The topological polar surface area (TPSA) is 18.5 Å². The van der Waals surface area contributed by atoms with Crippen LogP contribution < -0.4 is 10.2 Å². The average Bonchev–Trinajstić information content (AvgIpc) is 2.88. The highest BCUT2D eigenvalue weighted by Crippen LogP contribution is 2.27. The summed E-state index contributed by atoms with van der Waals surface area (Å²) >= 11 is 0. The minimum atomic E-state index is 0.833. The van der Waals surface area contributed by atoms with Gasteiger partial charge in [-0.05, 0) is 62.0 Å². The van der Waals surface area contributed by atoms with Crippen molar-refractivity contribution in [3.05, 3.63) is 29.3 Å². The van der Waals surface area contributed by atoms with Crippen LogP contribution in [0.1, 0.15) is 30.9 Å². The second-order valence-corrected chi connectivity index (χ2v) is 6.67. The van der Waals surface area contributed by atoms with Crippen LogP contribution in [0.2, 0.25) is 0 Å². The number of benzene rings is 1. The quantitative estimate of drug-likeness (QED) is 0.897. The van der Waals surface area contributed by atoms with E-state index in [-0.39, 0.29) is 0 Å². The molecule has 1 aromatic rings. The van der Waals surface area contributed by atoms with E-state index in [1.54, 1.807) is 0 Å². The number of nitrogens with zero attached hydrogens (tertiary/aromatic N) is 2. The Kier molecular flexibility index (Phi) is 4.81. The number of hydrogen-bond donors (Lipinski definition) is 1. The van der Waals surface area contributed by atoms with Crippen molar-refractivity contribution in [1.29, 1.82) is 0 Å². The Bertz CT molecular complexity index is 466. The lowest BCUT2D eigenvalue weighted by atomic mass is 9.98. The number of anilines is 1. The summed E-state index contributed by atoms with van der Waals surface area (Å²) in [5.41, 5.74) is 4.44. The molecule has 1 saturated heterocycles. The van der Waals surface area contributed by atoms with Crippen molar-refractivity contribution in [2.75, 3.05) is 44.7 Å². The molecule has 2 aliphatic heterocycles. The van der Waals surface area contributed by atoms with E-state index < -0.39 is 0 Å². The van der Waals surface area contributed by atoms with E-state index in [4.69, 9.17) is 0 Å². The molecule has 1 unspecified atom stereocenters. The van der Waals surface area contributed by atoms with E-state index in [9.17, 15) is 0 Å². The summed E-state index contributed by atoms with van der Waals surface area (Å²) in [6.45, 7) is 9.35. The van der Waals surface area contributed by atoms with E-state index in [1.807, 2.05) is 0 Å². The molecule has 0 bridgehead atoms. The number of nitrogens with one attached hydrogen (secondary N) is 1. The predicted molar refractivity (Wildman–Crippen MR) is 90.0 cm³/mol. The number of hydrogen-bond acceptors (Lipinski definition) is 3. The highest BCUT2D eigenvalue weighted by atomic mass is 15.1. The summed E-state index contributed by atoms with van der Waals surface area (Å²) in [7, 11) is 2.19. The fourth-order valence-corrected chi connectivity index (χ4v) is 3.73. The van der Waals surface area contributed by atoms with Gasteiger partial charge in [-0.2, -0.15) is 0 Å². The van der Waals surface area contributed by atoms with Gasteiger partial charge in [-0.15, -0.1) is 0 Å². The first-order chi connectivity index (χ1) is 10.3. The Labute approximate surface area is 129 Å². The van der Waals surface area contributed by atoms with Gasteiger partial charge in [0.25, 0.3) is 0 Å². The van der Waals surface area contributed by atoms with Crippen LogP contribution in [0.3, 0.4) is 0 Å². The fraction of sp³-hybridized carbons (Fsp3) is 0.667. The number of piperidine rings is 1. The van der Waals surface area contributed by atoms with Crippen LogP contribution in [-0.2, 0) is 13.0 Å². The molecule has 0 aromatic heterocycles. The minimum Gasteiger partial charge on any atom is -0.374 e. The van der Waals surface area contributed by atoms with Gasteiger partial charge in [0, 0.05) is 32.4 Å².